The summed E-state index contributed by atoms with van der Waals surface area (Å²) in [5.74, 6) is 0.287. The van der Waals surface area contributed by atoms with Gasteiger partial charge in [-0.05, 0) is 41.2 Å². The summed E-state index contributed by atoms with van der Waals surface area (Å²) in [6.45, 7) is 0. The summed E-state index contributed by atoms with van der Waals surface area (Å²) in [5, 5.41) is 3.88. The van der Waals surface area contributed by atoms with Crippen LogP contribution in [-0.2, 0) is 0 Å². The van der Waals surface area contributed by atoms with Gasteiger partial charge >= 0.3 is 0 Å². The number of fused-ring (bicyclic) bond motifs is 1. The number of hydrogen-bond donors (Lipinski definition) is 1. The van der Waals surface area contributed by atoms with Crippen LogP contribution in [0.15, 0.2) is 50.1 Å². The minimum atomic E-state index is -0.357. The molecule has 1 N–H and O–H groups in total. The van der Waals surface area contributed by atoms with Crippen LogP contribution in [0.4, 0.5) is 4.39 Å². The zero-order chi connectivity index (χ0) is 13.4. The van der Waals surface area contributed by atoms with Gasteiger partial charge in [-0.15, -0.1) is 0 Å². The summed E-state index contributed by atoms with van der Waals surface area (Å²) in [7, 11) is 1.81. The van der Waals surface area contributed by atoms with Crippen molar-refractivity contribution >= 4 is 26.9 Å². The second kappa shape index (κ2) is 4.83. The monoisotopic (exact) mass is 323 g/mol. The summed E-state index contributed by atoms with van der Waals surface area (Å²) in [4.78, 5) is 0. The molecule has 19 heavy (non-hydrogen) atoms. The largest absolute Gasteiger partial charge is 0.457 e. The summed E-state index contributed by atoms with van der Waals surface area (Å²) in [6.07, 6.45) is 1.59. The van der Waals surface area contributed by atoms with E-state index in [1.165, 1.54) is 6.07 Å². The molecule has 0 aliphatic heterocycles. The molecular weight excluding hydrogens is 313 g/mol. The fourth-order valence-corrected chi connectivity index (χ4v) is 2.62. The fourth-order valence-electron chi connectivity index (χ4n) is 2.15. The van der Waals surface area contributed by atoms with Gasteiger partial charge in [-0.25, -0.2) is 4.39 Å². The Labute approximate surface area is 117 Å². The quantitative estimate of drug-likeness (QED) is 0.783. The third kappa shape index (κ3) is 2.09. The number of hydrogen-bond acceptors (Lipinski definition) is 3. The van der Waals surface area contributed by atoms with Crippen LogP contribution in [-0.4, -0.2) is 7.05 Å². The summed E-state index contributed by atoms with van der Waals surface area (Å²) in [5.41, 5.74) is 1.18. The van der Waals surface area contributed by atoms with Crippen molar-refractivity contribution in [3.05, 3.63) is 58.4 Å². The van der Waals surface area contributed by atoms with E-state index in [0.717, 1.165) is 10.9 Å². The van der Waals surface area contributed by atoms with Gasteiger partial charge in [0.05, 0.1) is 12.3 Å². The minimum absolute atomic E-state index is 0.195. The molecule has 0 aliphatic rings. The zero-order valence-electron chi connectivity index (χ0n) is 10.1. The van der Waals surface area contributed by atoms with E-state index in [1.807, 2.05) is 25.2 Å². The van der Waals surface area contributed by atoms with E-state index in [2.05, 4.69) is 21.2 Å². The van der Waals surface area contributed by atoms with Crippen LogP contribution in [0, 0.1) is 5.82 Å². The van der Waals surface area contributed by atoms with Crippen molar-refractivity contribution in [1.29, 1.82) is 0 Å². The number of benzene rings is 1. The van der Waals surface area contributed by atoms with Crippen LogP contribution >= 0.6 is 15.9 Å². The molecule has 0 saturated carbocycles. The van der Waals surface area contributed by atoms with E-state index in [1.54, 1.807) is 12.3 Å². The highest BCUT2D eigenvalue weighted by atomic mass is 79.9. The molecule has 3 aromatic rings. The number of halogens is 2. The van der Waals surface area contributed by atoms with Crippen molar-refractivity contribution in [2.24, 2.45) is 0 Å². The van der Waals surface area contributed by atoms with Gasteiger partial charge in [0.1, 0.15) is 5.76 Å². The maximum atomic E-state index is 13.6. The van der Waals surface area contributed by atoms with E-state index >= 15 is 0 Å². The SMILES string of the molecule is CNC(c1cc2cccc(F)c2o1)c1ccoc1Br. The van der Waals surface area contributed by atoms with Gasteiger partial charge in [0, 0.05) is 10.9 Å². The van der Waals surface area contributed by atoms with Crippen LogP contribution < -0.4 is 5.32 Å². The maximum Gasteiger partial charge on any atom is 0.174 e. The zero-order valence-corrected chi connectivity index (χ0v) is 11.7. The highest BCUT2D eigenvalue weighted by Crippen LogP contribution is 2.33. The smallest absolute Gasteiger partial charge is 0.174 e. The molecule has 2 heterocycles. The Kier molecular flexibility index (Phi) is 3.16. The predicted octanol–water partition coefficient (Wildman–Crippen LogP) is 4.24. The Morgan fingerprint density at radius 2 is 2.16 bits per heavy atom. The number of rotatable bonds is 3. The molecule has 0 fully saturated rings. The molecule has 0 radical (unpaired) electrons. The Balaban J connectivity index is 2.12. The molecule has 3 nitrogen and oxygen atoms in total. The van der Waals surface area contributed by atoms with Gasteiger partial charge in [-0.3, -0.25) is 0 Å². The average Bonchev–Trinajstić information content (AvgIpc) is 2.99. The Bertz CT molecular complexity index is 719. The summed E-state index contributed by atoms with van der Waals surface area (Å²) >= 11 is 3.34. The van der Waals surface area contributed by atoms with Crippen LogP contribution in [0.1, 0.15) is 17.4 Å². The summed E-state index contributed by atoms with van der Waals surface area (Å²) < 4.78 is 25.1. The summed E-state index contributed by atoms with van der Waals surface area (Å²) in [6, 6.07) is 8.35. The van der Waals surface area contributed by atoms with Gasteiger partial charge in [0.2, 0.25) is 0 Å². The lowest BCUT2D eigenvalue weighted by molar-refractivity contribution is 0.468. The second-order valence-corrected chi connectivity index (χ2v) is 4.90. The molecule has 0 aliphatic carbocycles. The highest BCUT2D eigenvalue weighted by molar-refractivity contribution is 9.10. The molecule has 0 bridgehead atoms. The normalized spacial score (nSPS) is 13.0. The average molecular weight is 324 g/mol. The highest BCUT2D eigenvalue weighted by Gasteiger charge is 2.21. The standard InChI is InChI=1S/C14H11BrFNO2/c1-17-12(9-5-6-18-14(9)15)11-7-8-3-2-4-10(16)13(8)19-11/h2-7,12,17H,1H3. The lowest BCUT2D eigenvalue weighted by atomic mass is 10.1. The molecule has 5 heteroatoms. The maximum absolute atomic E-state index is 13.6. The molecule has 0 saturated heterocycles. The number of para-hydroxylation sites is 1. The topological polar surface area (TPSA) is 38.3 Å². The Morgan fingerprint density at radius 3 is 2.79 bits per heavy atom. The molecule has 1 unspecified atom stereocenters. The fraction of sp³-hybridized carbons (Fsp3) is 0.143. The molecule has 2 aromatic heterocycles. The van der Waals surface area contributed by atoms with Gasteiger partial charge in [0.25, 0.3) is 0 Å². The van der Waals surface area contributed by atoms with Crippen molar-refractivity contribution in [1.82, 2.24) is 5.32 Å². The van der Waals surface area contributed by atoms with E-state index in [9.17, 15) is 4.39 Å². The molecular formula is C14H11BrFNO2. The lowest BCUT2D eigenvalue weighted by Crippen LogP contribution is -2.16. The molecule has 1 atom stereocenters. The third-order valence-corrected chi connectivity index (χ3v) is 3.69. The van der Waals surface area contributed by atoms with Gasteiger partial charge in [0.15, 0.2) is 16.1 Å². The van der Waals surface area contributed by atoms with Crippen molar-refractivity contribution in [2.45, 2.75) is 6.04 Å². The van der Waals surface area contributed by atoms with Crippen LogP contribution in [0.2, 0.25) is 0 Å². The van der Waals surface area contributed by atoms with Gasteiger partial charge in [-0.2, -0.15) is 0 Å². The molecule has 1 aromatic carbocycles. The first-order valence-electron chi connectivity index (χ1n) is 5.79. The van der Waals surface area contributed by atoms with Crippen LogP contribution in [0.25, 0.3) is 11.0 Å². The first-order chi connectivity index (χ1) is 9.20. The third-order valence-electron chi connectivity index (χ3n) is 3.05. The molecule has 0 spiro atoms. The molecule has 3 rings (SSSR count). The molecule has 98 valence electrons. The van der Waals surface area contributed by atoms with E-state index in [0.29, 0.717) is 10.4 Å². The van der Waals surface area contributed by atoms with E-state index in [4.69, 9.17) is 8.83 Å². The Hall–Kier alpha value is -1.59. The second-order valence-electron chi connectivity index (χ2n) is 4.18. The van der Waals surface area contributed by atoms with Crippen molar-refractivity contribution in [3.63, 3.8) is 0 Å². The van der Waals surface area contributed by atoms with Gasteiger partial charge < -0.3 is 14.2 Å². The first kappa shape index (κ1) is 12.4. The molecule has 0 amide bonds. The number of nitrogens with one attached hydrogen (secondary N) is 1. The van der Waals surface area contributed by atoms with Crippen molar-refractivity contribution in [3.8, 4) is 0 Å². The van der Waals surface area contributed by atoms with Crippen molar-refractivity contribution < 1.29 is 13.2 Å². The van der Waals surface area contributed by atoms with Crippen LogP contribution in [0.5, 0.6) is 0 Å². The van der Waals surface area contributed by atoms with E-state index < -0.39 is 0 Å². The minimum Gasteiger partial charge on any atom is -0.457 e. The van der Waals surface area contributed by atoms with Crippen LogP contribution in [0.3, 0.4) is 0 Å². The predicted molar refractivity (Wildman–Crippen MR) is 73.5 cm³/mol. The number of furan rings is 2. The Morgan fingerprint density at radius 1 is 1.32 bits per heavy atom. The first-order valence-corrected chi connectivity index (χ1v) is 6.58. The van der Waals surface area contributed by atoms with Crippen molar-refractivity contribution in [2.75, 3.05) is 7.05 Å². The van der Waals surface area contributed by atoms with E-state index in [-0.39, 0.29) is 17.4 Å². The lowest BCUT2D eigenvalue weighted by Gasteiger charge is -2.11. The van der Waals surface area contributed by atoms with Gasteiger partial charge in [-0.1, -0.05) is 12.1 Å².